The lowest BCUT2D eigenvalue weighted by molar-refractivity contribution is -0.125. The lowest BCUT2D eigenvalue weighted by Gasteiger charge is -2.47. The fourth-order valence-electron chi connectivity index (χ4n) is 6.31. The summed E-state index contributed by atoms with van der Waals surface area (Å²) in [5.41, 5.74) is 4.30. The number of hydrogen-bond acceptors (Lipinski definition) is 7. The van der Waals surface area contributed by atoms with Crippen LogP contribution in [0.2, 0.25) is 0 Å². The fourth-order valence-corrected chi connectivity index (χ4v) is 6.31. The van der Waals surface area contributed by atoms with Crippen molar-refractivity contribution in [2.24, 2.45) is 11.7 Å². The van der Waals surface area contributed by atoms with Crippen LogP contribution in [-0.2, 0) is 15.1 Å². The van der Waals surface area contributed by atoms with Gasteiger partial charge < -0.3 is 30.2 Å². The van der Waals surface area contributed by atoms with E-state index in [4.69, 9.17) is 15.2 Å². The summed E-state index contributed by atoms with van der Waals surface area (Å²) < 4.78 is 41.4. The van der Waals surface area contributed by atoms with Crippen molar-refractivity contribution >= 4 is 6.29 Å². The molecule has 0 aromatic heterocycles. The Morgan fingerprint density at radius 3 is 2.67 bits per heavy atom. The Labute approximate surface area is 228 Å². The number of unbranched alkanes of at least 4 members (excludes halogenated alkanes) is 1. The maximum Gasteiger partial charge on any atom is 0.169 e. The third-order valence-electron chi connectivity index (χ3n) is 8.53. The number of methoxy groups -OCH3 is 1. The van der Waals surface area contributed by atoms with Crippen molar-refractivity contribution in [1.82, 2.24) is 4.90 Å². The first kappa shape index (κ1) is 29.6. The number of hydrogen-bond donors (Lipinski definition) is 3. The van der Waals surface area contributed by atoms with E-state index in [-0.39, 0.29) is 24.2 Å². The molecule has 0 bridgehead atoms. The highest BCUT2D eigenvalue weighted by atomic mass is 19.1. The lowest BCUT2D eigenvalue weighted by atomic mass is 9.72. The van der Waals surface area contributed by atoms with Crippen LogP contribution in [0.1, 0.15) is 56.1 Å². The van der Waals surface area contributed by atoms with Crippen LogP contribution >= 0.6 is 0 Å². The monoisotopic (exact) mass is 546 g/mol. The van der Waals surface area contributed by atoms with Crippen molar-refractivity contribution in [3.05, 3.63) is 59.2 Å². The molecule has 7 nitrogen and oxygen atoms in total. The number of aliphatic hydroxyl groups excluding tert-OH is 1. The summed E-state index contributed by atoms with van der Waals surface area (Å²) in [6, 6.07) is 8.53. The minimum atomic E-state index is -1.66. The Morgan fingerprint density at radius 2 is 2.00 bits per heavy atom. The van der Waals surface area contributed by atoms with Gasteiger partial charge in [-0.2, -0.15) is 0 Å². The van der Waals surface area contributed by atoms with Crippen LogP contribution in [0.3, 0.4) is 0 Å². The van der Waals surface area contributed by atoms with Crippen LogP contribution in [0.5, 0.6) is 11.5 Å². The van der Waals surface area contributed by atoms with Crippen LogP contribution in [0, 0.1) is 24.5 Å². The Balaban J connectivity index is 1.74. The highest BCUT2D eigenvalue weighted by Gasteiger charge is 2.51. The number of aliphatic hydroxyl groups is 2. The normalized spacial score (nSPS) is 27.3. The number of carbonyl (C=O) groups is 1. The maximum atomic E-state index is 15.4. The molecule has 2 aliphatic rings. The van der Waals surface area contributed by atoms with Gasteiger partial charge in [-0.3, -0.25) is 4.90 Å². The molecule has 1 aliphatic carbocycles. The smallest absolute Gasteiger partial charge is 0.169 e. The van der Waals surface area contributed by atoms with Gasteiger partial charge in [0.2, 0.25) is 0 Å². The van der Waals surface area contributed by atoms with Crippen molar-refractivity contribution < 1.29 is 33.3 Å². The molecular formula is C30H40F2N2O5. The molecule has 0 unspecified atom stereocenters. The number of nitrogens with two attached hydrogens (primary N) is 1. The zero-order valence-electron chi connectivity index (χ0n) is 22.7. The molecule has 1 aliphatic heterocycles. The molecule has 5 atom stereocenters. The predicted molar refractivity (Wildman–Crippen MR) is 144 cm³/mol. The second-order valence-corrected chi connectivity index (χ2v) is 11.2. The van der Waals surface area contributed by atoms with Gasteiger partial charge in [0.25, 0.3) is 0 Å². The van der Waals surface area contributed by atoms with E-state index in [0.29, 0.717) is 57.6 Å². The second kappa shape index (κ2) is 12.4. The first-order valence-electron chi connectivity index (χ1n) is 13.7. The topological polar surface area (TPSA) is 105 Å². The molecule has 9 heteroatoms. The van der Waals surface area contributed by atoms with Gasteiger partial charge in [0.15, 0.2) is 11.6 Å². The van der Waals surface area contributed by atoms with E-state index >= 15 is 4.39 Å². The van der Waals surface area contributed by atoms with E-state index in [0.717, 1.165) is 24.0 Å². The number of likely N-dealkylation sites (tertiary alicyclic amines) is 1. The summed E-state index contributed by atoms with van der Waals surface area (Å²) in [5, 5.41) is 22.8. The quantitative estimate of drug-likeness (QED) is 0.287. The van der Waals surface area contributed by atoms with Gasteiger partial charge in [-0.1, -0.05) is 18.2 Å². The SMILES string of the molecule is COCCCC[C@](O)(c1cc(F)cc(F)c1Oc1ccccc1C)[C@@H]1CCCN([C@@]2(C=O)C[C@@H](N)[C@@H](O)C2)C1. The highest BCUT2D eigenvalue weighted by molar-refractivity contribution is 5.65. The molecular weight excluding hydrogens is 506 g/mol. The average Bonchev–Trinajstić information content (AvgIpc) is 3.23. The van der Waals surface area contributed by atoms with Crippen LogP contribution in [0.4, 0.5) is 8.78 Å². The van der Waals surface area contributed by atoms with Crippen molar-refractivity contribution in [3.63, 3.8) is 0 Å². The minimum absolute atomic E-state index is 0.0517. The Hall–Kier alpha value is -2.43. The largest absolute Gasteiger partial charge is 0.454 e. The number of rotatable bonds is 11. The zero-order valence-corrected chi connectivity index (χ0v) is 22.7. The molecule has 2 aromatic rings. The first-order valence-corrected chi connectivity index (χ1v) is 13.7. The van der Waals surface area contributed by atoms with Crippen molar-refractivity contribution in [2.75, 3.05) is 26.8 Å². The number of nitrogens with zero attached hydrogens (tertiary/aromatic N) is 1. The molecule has 214 valence electrons. The molecule has 0 spiro atoms. The van der Waals surface area contributed by atoms with Gasteiger partial charge in [0.1, 0.15) is 17.9 Å². The Kier molecular flexibility index (Phi) is 9.39. The van der Waals surface area contributed by atoms with Crippen LogP contribution in [0.15, 0.2) is 36.4 Å². The molecule has 0 amide bonds. The third-order valence-corrected chi connectivity index (χ3v) is 8.53. The average molecular weight is 547 g/mol. The fraction of sp³-hybridized carbons (Fsp3) is 0.567. The molecule has 4 rings (SSSR count). The molecule has 1 saturated carbocycles. The summed E-state index contributed by atoms with van der Waals surface area (Å²) in [6.07, 6.45) is 3.26. The maximum absolute atomic E-state index is 15.4. The number of benzene rings is 2. The van der Waals surface area contributed by atoms with Crippen molar-refractivity contribution in [3.8, 4) is 11.5 Å². The van der Waals surface area contributed by atoms with Gasteiger partial charge in [-0.15, -0.1) is 0 Å². The summed E-state index contributed by atoms with van der Waals surface area (Å²) in [4.78, 5) is 14.4. The van der Waals surface area contributed by atoms with E-state index < -0.39 is 40.8 Å². The number of piperidine rings is 1. The van der Waals surface area contributed by atoms with Crippen LogP contribution in [0.25, 0.3) is 0 Å². The standard InChI is InChI=1S/C30H40F2N2O5/c1-20-8-3-4-10-27(20)39-28-23(14-22(31)15-24(28)32)30(37,11-5-6-13-38-2)21-9-7-12-34(18-21)29(19-35)16-25(33)26(36)17-29/h3-4,8,10,14-15,19,21,25-26,36-37H,5-7,9,11-13,16-18,33H2,1-2H3/t21-,25-,26+,29+,30-/m1/s1. The molecule has 0 radical (unpaired) electrons. The van der Waals surface area contributed by atoms with E-state index in [1.165, 1.54) is 0 Å². The molecule has 1 saturated heterocycles. The van der Waals surface area contributed by atoms with Crippen molar-refractivity contribution in [1.29, 1.82) is 0 Å². The van der Waals surface area contributed by atoms with Gasteiger partial charge in [-0.25, -0.2) is 8.78 Å². The summed E-state index contributed by atoms with van der Waals surface area (Å²) in [6.45, 7) is 3.21. The highest BCUT2D eigenvalue weighted by Crippen LogP contribution is 2.47. The number of aryl methyl sites for hydroxylation is 1. The van der Waals surface area contributed by atoms with E-state index in [1.54, 1.807) is 19.2 Å². The molecule has 2 fully saturated rings. The van der Waals surface area contributed by atoms with Gasteiger partial charge in [0.05, 0.1) is 17.2 Å². The zero-order chi connectivity index (χ0) is 28.2. The lowest BCUT2D eigenvalue weighted by Crippen LogP contribution is -2.56. The number of ether oxygens (including phenoxy) is 2. The van der Waals surface area contributed by atoms with Gasteiger partial charge in [0, 0.05) is 50.3 Å². The van der Waals surface area contributed by atoms with Crippen molar-refractivity contribution in [2.45, 2.75) is 75.2 Å². The Morgan fingerprint density at radius 1 is 1.23 bits per heavy atom. The minimum Gasteiger partial charge on any atom is -0.454 e. The number of carbonyl (C=O) groups excluding carboxylic acids is 1. The van der Waals surface area contributed by atoms with E-state index in [2.05, 4.69) is 0 Å². The molecule has 1 heterocycles. The molecule has 2 aromatic carbocycles. The third kappa shape index (κ3) is 6.18. The second-order valence-electron chi connectivity index (χ2n) is 11.2. The first-order chi connectivity index (χ1) is 18.6. The Bertz CT molecular complexity index is 1140. The summed E-state index contributed by atoms with van der Waals surface area (Å²) in [7, 11) is 1.60. The van der Waals surface area contributed by atoms with Crippen LogP contribution < -0.4 is 10.5 Å². The predicted octanol–water partition coefficient (Wildman–Crippen LogP) is 4.20. The number of para-hydroxylation sites is 1. The molecule has 4 N–H and O–H groups in total. The van der Waals surface area contributed by atoms with Crippen LogP contribution in [-0.4, -0.2) is 65.9 Å². The molecule has 39 heavy (non-hydrogen) atoms. The number of aldehydes is 1. The summed E-state index contributed by atoms with van der Waals surface area (Å²) >= 11 is 0. The van der Waals surface area contributed by atoms with Gasteiger partial charge >= 0.3 is 0 Å². The van der Waals surface area contributed by atoms with E-state index in [1.807, 2.05) is 24.0 Å². The van der Waals surface area contributed by atoms with E-state index in [9.17, 15) is 19.4 Å². The van der Waals surface area contributed by atoms with Gasteiger partial charge in [-0.05, 0) is 69.7 Å². The summed E-state index contributed by atoms with van der Waals surface area (Å²) in [5.74, 6) is -1.96. The number of halogens is 2.